The maximum absolute atomic E-state index is 11.6. The lowest BCUT2D eigenvalue weighted by Crippen LogP contribution is -2.38. The molecule has 0 aliphatic heterocycles. The minimum absolute atomic E-state index is 0.0795. The molecule has 2 atom stereocenters. The van der Waals surface area contributed by atoms with Crippen LogP contribution in [-0.2, 0) is 9.53 Å². The van der Waals surface area contributed by atoms with Crippen LogP contribution >= 0.6 is 11.6 Å². The van der Waals surface area contributed by atoms with E-state index >= 15 is 0 Å². The van der Waals surface area contributed by atoms with Crippen LogP contribution in [0.3, 0.4) is 0 Å². The van der Waals surface area contributed by atoms with Crippen molar-refractivity contribution in [2.45, 2.75) is 26.0 Å². The summed E-state index contributed by atoms with van der Waals surface area (Å²) in [5, 5.41) is 12.5. The molecule has 0 saturated carbocycles. The van der Waals surface area contributed by atoms with Gasteiger partial charge in [-0.15, -0.1) is 0 Å². The molecule has 0 aromatic heterocycles. The van der Waals surface area contributed by atoms with Crippen LogP contribution in [-0.4, -0.2) is 37.4 Å². The number of methoxy groups -OCH3 is 1. The molecule has 6 heteroatoms. The quantitative estimate of drug-likeness (QED) is 0.807. The van der Waals surface area contributed by atoms with E-state index in [1.165, 1.54) is 0 Å². The lowest BCUT2D eigenvalue weighted by Gasteiger charge is -2.14. The van der Waals surface area contributed by atoms with Gasteiger partial charge in [-0.05, 0) is 31.5 Å². The Balaban J connectivity index is 2.51. The molecule has 2 unspecified atom stereocenters. The molecule has 1 amide bonds. The first kappa shape index (κ1) is 16.8. The van der Waals surface area contributed by atoms with Crippen molar-refractivity contribution in [2.24, 2.45) is 0 Å². The average Bonchev–Trinajstić information content (AvgIpc) is 2.37. The van der Waals surface area contributed by atoms with Crippen molar-refractivity contribution in [3.8, 4) is 5.75 Å². The highest BCUT2D eigenvalue weighted by Crippen LogP contribution is 2.27. The second-order valence-electron chi connectivity index (χ2n) is 4.58. The van der Waals surface area contributed by atoms with Gasteiger partial charge in [0.15, 0.2) is 6.61 Å². The number of hydrogen-bond donors (Lipinski definition) is 2. The van der Waals surface area contributed by atoms with Crippen LogP contribution < -0.4 is 10.1 Å². The minimum Gasteiger partial charge on any atom is -0.482 e. The highest BCUT2D eigenvalue weighted by atomic mass is 35.5. The van der Waals surface area contributed by atoms with Gasteiger partial charge < -0.3 is 19.9 Å². The van der Waals surface area contributed by atoms with Gasteiger partial charge in [-0.3, -0.25) is 4.79 Å². The molecule has 0 radical (unpaired) electrons. The number of hydrogen-bond acceptors (Lipinski definition) is 4. The van der Waals surface area contributed by atoms with Crippen LogP contribution in [0.1, 0.15) is 25.5 Å². The first-order valence-electron chi connectivity index (χ1n) is 6.32. The number of carbonyl (C=O) groups is 1. The Morgan fingerprint density at radius 2 is 2.15 bits per heavy atom. The fourth-order valence-electron chi connectivity index (χ4n) is 1.65. The first-order valence-corrected chi connectivity index (χ1v) is 6.70. The lowest BCUT2D eigenvalue weighted by atomic mass is 10.1. The van der Waals surface area contributed by atoms with E-state index in [-0.39, 0.29) is 18.6 Å². The summed E-state index contributed by atoms with van der Waals surface area (Å²) in [7, 11) is 1.57. The summed E-state index contributed by atoms with van der Waals surface area (Å²) in [6.07, 6.45) is -0.597. The van der Waals surface area contributed by atoms with Gasteiger partial charge >= 0.3 is 0 Å². The number of nitrogens with one attached hydrogen (secondary N) is 1. The van der Waals surface area contributed by atoms with E-state index in [9.17, 15) is 9.90 Å². The van der Waals surface area contributed by atoms with Crippen molar-refractivity contribution in [1.29, 1.82) is 0 Å². The fourth-order valence-corrected chi connectivity index (χ4v) is 1.89. The monoisotopic (exact) mass is 301 g/mol. The number of rotatable bonds is 7. The second kappa shape index (κ2) is 8.09. The molecule has 5 nitrogen and oxygen atoms in total. The Morgan fingerprint density at radius 3 is 2.70 bits per heavy atom. The number of carbonyl (C=O) groups excluding carboxylic acids is 1. The third kappa shape index (κ3) is 5.36. The molecule has 0 heterocycles. The molecule has 2 N–H and O–H groups in total. The van der Waals surface area contributed by atoms with Gasteiger partial charge in [0.25, 0.3) is 5.91 Å². The normalized spacial score (nSPS) is 13.7. The van der Waals surface area contributed by atoms with Crippen LogP contribution in [0.2, 0.25) is 5.02 Å². The summed E-state index contributed by atoms with van der Waals surface area (Å²) in [6.45, 7) is 3.81. The molecule has 0 aliphatic rings. The third-order valence-electron chi connectivity index (χ3n) is 2.62. The van der Waals surface area contributed by atoms with Crippen LogP contribution in [0.4, 0.5) is 0 Å². The molecule has 0 bridgehead atoms. The number of aliphatic hydroxyl groups is 1. The maximum atomic E-state index is 11.6. The lowest BCUT2D eigenvalue weighted by molar-refractivity contribution is -0.124. The van der Waals surface area contributed by atoms with Crippen LogP contribution in [0.5, 0.6) is 5.75 Å². The summed E-state index contributed by atoms with van der Waals surface area (Å²) in [5.74, 6) is 0.163. The summed E-state index contributed by atoms with van der Waals surface area (Å²) >= 11 is 6.02. The second-order valence-corrected chi connectivity index (χ2v) is 4.99. The van der Waals surface area contributed by atoms with Crippen molar-refractivity contribution in [1.82, 2.24) is 5.32 Å². The van der Waals surface area contributed by atoms with E-state index < -0.39 is 6.10 Å². The molecule has 0 saturated heterocycles. The van der Waals surface area contributed by atoms with Gasteiger partial charge in [-0.1, -0.05) is 17.7 Å². The smallest absolute Gasteiger partial charge is 0.258 e. The molecule has 1 aromatic rings. The van der Waals surface area contributed by atoms with E-state index in [0.717, 1.165) is 0 Å². The topological polar surface area (TPSA) is 67.8 Å². The van der Waals surface area contributed by atoms with Crippen molar-refractivity contribution >= 4 is 17.5 Å². The molecular weight excluding hydrogens is 282 g/mol. The Hall–Kier alpha value is -1.30. The number of benzene rings is 1. The first-order chi connectivity index (χ1) is 9.43. The zero-order valence-corrected chi connectivity index (χ0v) is 12.6. The zero-order valence-electron chi connectivity index (χ0n) is 11.9. The third-order valence-corrected chi connectivity index (χ3v) is 2.92. The Labute approximate surface area is 123 Å². The van der Waals surface area contributed by atoms with Crippen LogP contribution in [0.15, 0.2) is 18.2 Å². The highest BCUT2D eigenvalue weighted by Gasteiger charge is 2.10. The summed E-state index contributed by atoms with van der Waals surface area (Å²) < 4.78 is 10.3. The largest absolute Gasteiger partial charge is 0.482 e. The number of halogens is 1. The molecule has 112 valence electrons. The number of amides is 1. The summed E-state index contributed by atoms with van der Waals surface area (Å²) in [4.78, 5) is 11.6. The van der Waals surface area contributed by atoms with Gasteiger partial charge in [0.05, 0.1) is 17.7 Å². The van der Waals surface area contributed by atoms with Gasteiger partial charge in [-0.2, -0.15) is 0 Å². The van der Waals surface area contributed by atoms with Gasteiger partial charge in [0, 0.05) is 13.2 Å². The Kier molecular flexibility index (Phi) is 6.78. The molecule has 0 spiro atoms. The van der Waals surface area contributed by atoms with E-state index in [1.807, 2.05) is 6.92 Å². The van der Waals surface area contributed by atoms with Gasteiger partial charge in [-0.25, -0.2) is 0 Å². The van der Waals surface area contributed by atoms with Gasteiger partial charge in [0.2, 0.25) is 0 Å². The molecule has 20 heavy (non-hydrogen) atoms. The SMILES string of the molecule is COCC(C)NC(=O)COc1ccc(C(C)O)cc1Cl. The maximum Gasteiger partial charge on any atom is 0.258 e. The summed E-state index contributed by atoms with van der Waals surface area (Å²) in [6, 6.07) is 4.88. The van der Waals surface area contributed by atoms with Crippen LogP contribution in [0, 0.1) is 0 Å². The molecule has 0 fully saturated rings. The van der Waals surface area contributed by atoms with Crippen LogP contribution in [0.25, 0.3) is 0 Å². The predicted molar refractivity (Wildman–Crippen MR) is 77.1 cm³/mol. The summed E-state index contributed by atoms with van der Waals surface area (Å²) in [5.41, 5.74) is 0.695. The van der Waals surface area contributed by atoms with Crippen molar-refractivity contribution in [3.63, 3.8) is 0 Å². The van der Waals surface area contributed by atoms with Crippen molar-refractivity contribution < 1.29 is 19.4 Å². The van der Waals surface area contributed by atoms with Gasteiger partial charge in [0.1, 0.15) is 5.75 Å². The van der Waals surface area contributed by atoms with Crippen molar-refractivity contribution in [2.75, 3.05) is 20.3 Å². The Morgan fingerprint density at radius 1 is 1.45 bits per heavy atom. The minimum atomic E-state index is -0.597. The molecular formula is C14H20ClNO4. The standard InChI is InChI=1S/C14H20ClNO4/c1-9(7-19-3)16-14(18)8-20-13-5-4-11(10(2)17)6-12(13)15/h4-6,9-10,17H,7-8H2,1-3H3,(H,16,18). The van der Waals surface area contributed by atoms with E-state index in [1.54, 1.807) is 32.2 Å². The van der Waals surface area contributed by atoms with E-state index in [0.29, 0.717) is 22.9 Å². The highest BCUT2D eigenvalue weighted by molar-refractivity contribution is 6.32. The Bertz CT molecular complexity index is 451. The number of aliphatic hydroxyl groups excluding tert-OH is 1. The van der Waals surface area contributed by atoms with E-state index in [2.05, 4.69) is 5.32 Å². The zero-order chi connectivity index (χ0) is 15.1. The molecule has 1 aromatic carbocycles. The number of ether oxygens (including phenoxy) is 2. The van der Waals surface area contributed by atoms with Crippen molar-refractivity contribution in [3.05, 3.63) is 28.8 Å². The predicted octanol–water partition coefficient (Wildman–Crippen LogP) is 1.92. The average molecular weight is 302 g/mol. The van der Waals surface area contributed by atoms with E-state index in [4.69, 9.17) is 21.1 Å². The molecule has 1 rings (SSSR count). The molecule has 0 aliphatic carbocycles. The fraction of sp³-hybridized carbons (Fsp3) is 0.500.